The van der Waals surface area contributed by atoms with Crippen LogP contribution in [0, 0.1) is 0 Å². The Bertz CT molecular complexity index is 647. The Morgan fingerprint density at radius 3 is 2.86 bits per heavy atom. The number of carbonyl (C=O) groups excluding carboxylic acids is 1. The van der Waals surface area contributed by atoms with E-state index in [0.717, 1.165) is 10.6 Å². The lowest BCUT2D eigenvalue weighted by molar-refractivity contribution is -0.121. The van der Waals surface area contributed by atoms with Gasteiger partial charge in [-0.05, 0) is 37.8 Å². The van der Waals surface area contributed by atoms with Crippen molar-refractivity contribution in [3.05, 3.63) is 40.0 Å². The molecule has 1 amide bonds. The summed E-state index contributed by atoms with van der Waals surface area (Å²) in [4.78, 5) is 24.4. The molecule has 0 aliphatic rings. The van der Waals surface area contributed by atoms with Gasteiger partial charge in [-0.3, -0.25) is 9.59 Å². The number of rotatable bonds is 6. The SMILES string of the molecule is CC(C)NC(=O)CCCn1nc(-c2cccs2)ccc1=O. The maximum absolute atomic E-state index is 11.8. The van der Waals surface area contributed by atoms with Gasteiger partial charge in [0, 0.05) is 25.1 Å². The van der Waals surface area contributed by atoms with E-state index in [1.165, 1.54) is 10.7 Å². The molecule has 0 aromatic carbocycles. The Morgan fingerprint density at radius 1 is 1.38 bits per heavy atom. The maximum atomic E-state index is 11.8. The van der Waals surface area contributed by atoms with E-state index < -0.39 is 0 Å². The smallest absolute Gasteiger partial charge is 0.266 e. The van der Waals surface area contributed by atoms with Crippen LogP contribution in [0.5, 0.6) is 0 Å². The zero-order chi connectivity index (χ0) is 15.2. The minimum atomic E-state index is -0.139. The molecule has 0 aliphatic heterocycles. The van der Waals surface area contributed by atoms with E-state index >= 15 is 0 Å². The molecule has 1 N–H and O–H groups in total. The van der Waals surface area contributed by atoms with Gasteiger partial charge in [-0.2, -0.15) is 5.10 Å². The summed E-state index contributed by atoms with van der Waals surface area (Å²) in [6.07, 6.45) is 0.995. The van der Waals surface area contributed by atoms with Crippen LogP contribution in [0.15, 0.2) is 34.4 Å². The normalized spacial score (nSPS) is 10.8. The Balaban J connectivity index is 1.98. The number of aromatic nitrogens is 2. The van der Waals surface area contributed by atoms with Crippen molar-refractivity contribution in [1.82, 2.24) is 15.1 Å². The Kier molecular flexibility index (Phi) is 5.27. The maximum Gasteiger partial charge on any atom is 0.266 e. The fourth-order valence-electron chi connectivity index (χ4n) is 1.95. The standard InChI is InChI=1S/C15H19N3O2S/c1-11(2)16-14(19)6-3-9-18-15(20)8-7-12(17-18)13-5-4-10-21-13/h4-5,7-8,10-11H,3,6,9H2,1-2H3,(H,16,19). The molecule has 2 aromatic rings. The number of hydrogen-bond donors (Lipinski definition) is 1. The van der Waals surface area contributed by atoms with Crippen LogP contribution in [0.4, 0.5) is 0 Å². The number of thiophene rings is 1. The van der Waals surface area contributed by atoms with Gasteiger partial charge in [0.15, 0.2) is 0 Å². The van der Waals surface area contributed by atoms with E-state index in [9.17, 15) is 9.59 Å². The lowest BCUT2D eigenvalue weighted by atomic mass is 10.2. The van der Waals surface area contributed by atoms with Crippen molar-refractivity contribution in [2.45, 2.75) is 39.3 Å². The molecule has 0 spiro atoms. The van der Waals surface area contributed by atoms with Gasteiger partial charge in [-0.1, -0.05) is 6.07 Å². The van der Waals surface area contributed by atoms with Gasteiger partial charge in [0.1, 0.15) is 5.69 Å². The first-order valence-corrected chi connectivity index (χ1v) is 7.85. The van der Waals surface area contributed by atoms with Crippen molar-refractivity contribution in [1.29, 1.82) is 0 Å². The van der Waals surface area contributed by atoms with E-state index in [2.05, 4.69) is 10.4 Å². The predicted molar refractivity (Wildman–Crippen MR) is 84.3 cm³/mol. The number of amides is 1. The zero-order valence-corrected chi connectivity index (χ0v) is 13.0. The number of nitrogens with zero attached hydrogens (tertiary/aromatic N) is 2. The minimum absolute atomic E-state index is 0.00691. The van der Waals surface area contributed by atoms with Crippen LogP contribution in [0.3, 0.4) is 0 Å². The molecular formula is C15H19N3O2S. The van der Waals surface area contributed by atoms with Crippen molar-refractivity contribution >= 4 is 17.2 Å². The molecule has 2 aromatic heterocycles. The lowest BCUT2D eigenvalue weighted by Gasteiger charge is -2.09. The quantitative estimate of drug-likeness (QED) is 0.890. The van der Waals surface area contributed by atoms with Crippen LogP contribution in [-0.2, 0) is 11.3 Å². The van der Waals surface area contributed by atoms with E-state index in [-0.39, 0.29) is 17.5 Å². The van der Waals surface area contributed by atoms with E-state index in [4.69, 9.17) is 0 Å². The molecule has 0 atom stereocenters. The Labute approximate surface area is 127 Å². The van der Waals surface area contributed by atoms with Gasteiger partial charge < -0.3 is 5.32 Å². The summed E-state index contributed by atoms with van der Waals surface area (Å²) in [6, 6.07) is 7.32. The number of nitrogens with one attached hydrogen (secondary N) is 1. The highest BCUT2D eigenvalue weighted by molar-refractivity contribution is 7.13. The highest BCUT2D eigenvalue weighted by atomic mass is 32.1. The van der Waals surface area contributed by atoms with Crippen molar-refractivity contribution in [2.24, 2.45) is 0 Å². The molecule has 21 heavy (non-hydrogen) atoms. The molecule has 0 saturated heterocycles. The zero-order valence-electron chi connectivity index (χ0n) is 12.2. The lowest BCUT2D eigenvalue weighted by Crippen LogP contribution is -2.30. The molecule has 0 saturated carbocycles. The van der Waals surface area contributed by atoms with Gasteiger partial charge in [-0.15, -0.1) is 11.3 Å². The molecule has 0 radical (unpaired) electrons. The van der Waals surface area contributed by atoms with Crippen LogP contribution >= 0.6 is 11.3 Å². The van der Waals surface area contributed by atoms with E-state index in [1.54, 1.807) is 17.4 Å². The van der Waals surface area contributed by atoms with Crippen LogP contribution in [-0.4, -0.2) is 21.7 Å². The number of hydrogen-bond acceptors (Lipinski definition) is 4. The molecule has 2 heterocycles. The molecule has 5 nitrogen and oxygen atoms in total. The molecule has 0 bridgehead atoms. The van der Waals surface area contributed by atoms with E-state index in [0.29, 0.717) is 19.4 Å². The van der Waals surface area contributed by atoms with Gasteiger partial charge in [0.05, 0.1) is 4.88 Å². The fraction of sp³-hybridized carbons (Fsp3) is 0.400. The van der Waals surface area contributed by atoms with Gasteiger partial charge >= 0.3 is 0 Å². The molecule has 0 aliphatic carbocycles. The topological polar surface area (TPSA) is 64.0 Å². The molecule has 0 fully saturated rings. The third kappa shape index (κ3) is 4.53. The average Bonchev–Trinajstić information content (AvgIpc) is 2.94. The fourth-order valence-corrected chi connectivity index (χ4v) is 2.64. The molecule has 0 unspecified atom stereocenters. The van der Waals surface area contributed by atoms with Crippen molar-refractivity contribution in [2.75, 3.05) is 0 Å². The molecular weight excluding hydrogens is 286 g/mol. The van der Waals surface area contributed by atoms with E-state index in [1.807, 2.05) is 31.4 Å². The predicted octanol–water partition coefficient (Wildman–Crippen LogP) is 2.28. The first-order valence-electron chi connectivity index (χ1n) is 6.97. The minimum Gasteiger partial charge on any atom is -0.354 e. The second-order valence-corrected chi connectivity index (χ2v) is 6.03. The van der Waals surface area contributed by atoms with Gasteiger partial charge in [0.2, 0.25) is 5.91 Å². The van der Waals surface area contributed by atoms with Crippen LogP contribution in [0.25, 0.3) is 10.6 Å². The molecule has 112 valence electrons. The number of carbonyl (C=O) groups is 1. The van der Waals surface area contributed by atoms with Crippen molar-refractivity contribution in [3.63, 3.8) is 0 Å². The summed E-state index contributed by atoms with van der Waals surface area (Å²) in [6.45, 7) is 4.30. The average molecular weight is 305 g/mol. The summed E-state index contributed by atoms with van der Waals surface area (Å²) < 4.78 is 1.43. The molecule has 2 rings (SSSR count). The number of aryl methyl sites for hydroxylation is 1. The molecule has 6 heteroatoms. The van der Waals surface area contributed by atoms with Crippen molar-refractivity contribution in [3.8, 4) is 10.6 Å². The van der Waals surface area contributed by atoms with Crippen molar-refractivity contribution < 1.29 is 4.79 Å². The van der Waals surface area contributed by atoms with Gasteiger partial charge in [0.25, 0.3) is 5.56 Å². The first kappa shape index (κ1) is 15.4. The first-order chi connectivity index (χ1) is 10.1. The Hall–Kier alpha value is -1.95. The second-order valence-electron chi connectivity index (χ2n) is 5.08. The second kappa shape index (κ2) is 7.17. The Morgan fingerprint density at radius 2 is 2.19 bits per heavy atom. The third-order valence-electron chi connectivity index (χ3n) is 2.86. The summed E-state index contributed by atoms with van der Waals surface area (Å²) in [5.74, 6) is 0.00691. The largest absolute Gasteiger partial charge is 0.354 e. The summed E-state index contributed by atoms with van der Waals surface area (Å²) in [5.41, 5.74) is 0.649. The summed E-state index contributed by atoms with van der Waals surface area (Å²) >= 11 is 1.58. The third-order valence-corrected chi connectivity index (χ3v) is 3.76. The van der Waals surface area contributed by atoms with Crippen LogP contribution in [0.2, 0.25) is 0 Å². The van der Waals surface area contributed by atoms with Gasteiger partial charge in [-0.25, -0.2) is 4.68 Å². The summed E-state index contributed by atoms with van der Waals surface area (Å²) in [5, 5.41) is 9.16. The monoisotopic (exact) mass is 305 g/mol. The summed E-state index contributed by atoms with van der Waals surface area (Å²) in [7, 11) is 0. The van der Waals surface area contributed by atoms with Crippen LogP contribution < -0.4 is 10.9 Å². The highest BCUT2D eigenvalue weighted by Gasteiger charge is 2.06. The van der Waals surface area contributed by atoms with Crippen LogP contribution in [0.1, 0.15) is 26.7 Å². The highest BCUT2D eigenvalue weighted by Crippen LogP contribution is 2.21.